The molecule has 0 radical (unpaired) electrons. The lowest BCUT2D eigenvalue weighted by atomic mass is 10.0. The van der Waals surface area contributed by atoms with E-state index < -0.39 is 6.10 Å². The zero-order chi connectivity index (χ0) is 50.7. The second-order valence-electron chi connectivity index (χ2n) is 21.3. The average molecular weight is 986 g/mol. The molecule has 0 aromatic heterocycles. The first-order valence-electron chi connectivity index (χ1n) is 31.3. The number of ether oxygens (including phenoxy) is 3. The van der Waals surface area contributed by atoms with Crippen LogP contribution in [0.4, 0.5) is 0 Å². The smallest absolute Gasteiger partial charge is 0.306 e. The zero-order valence-electron chi connectivity index (χ0n) is 47.3. The van der Waals surface area contributed by atoms with Gasteiger partial charge in [0, 0.05) is 19.3 Å². The SMILES string of the molecule is CCCCCCCCC/C=C\CCCCCCCC(=O)OC[C@H](COC(=O)CCCCCCCCC/C=C\CCCCCCCCCC)OC(=O)CCCCCCCCCCCCCCCCCCC. The van der Waals surface area contributed by atoms with Gasteiger partial charge in [-0.25, -0.2) is 0 Å². The average Bonchev–Trinajstić information content (AvgIpc) is 3.36. The van der Waals surface area contributed by atoms with Gasteiger partial charge >= 0.3 is 17.9 Å². The van der Waals surface area contributed by atoms with E-state index in [1.165, 1.54) is 244 Å². The summed E-state index contributed by atoms with van der Waals surface area (Å²) in [4.78, 5) is 38.3. The van der Waals surface area contributed by atoms with E-state index in [0.29, 0.717) is 19.3 Å². The van der Waals surface area contributed by atoms with Crippen LogP contribution in [-0.4, -0.2) is 37.2 Å². The standard InChI is InChI=1S/C64H120O6/c1-4-7-10-13-16-19-22-25-28-31-32-34-36-39-42-45-48-51-54-57-63(66)69-60-61(59-68-62(65)56-53-50-47-44-41-38-35-30-27-24-21-18-15-12-9-6-3)70-64(67)58-55-52-49-46-43-40-37-33-29-26-23-20-17-14-11-8-5-2/h30-32,35,61H,4-29,33-34,36-60H2,1-3H3/b32-31-,35-30-/t61-/m1/s1. The first-order valence-corrected chi connectivity index (χ1v) is 31.3. The molecule has 412 valence electrons. The minimum Gasteiger partial charge on any atom is -0.462 e. The highest BCUT2D eigenvalue weighted by Crippen LogP contribution is 2.17. The summed E-state index contributed by atoms with van der Waals surface area (Å²) in [5, 5.41) is 0. The van der Waals surface area contributed by atoms with E-state index in [4.69, 9.17) is 14.2 Å². The van der Waals surface area contributed by atoms with Gasteiger partial charge in [0.15, 0.2) is 6.10 Å². The van der Waals surface area contributed by atoms with Crippen molar-refractivity contribution in [2.24, 2.45) is 0 Å². The van der Waals surface area contributed by atoms with Crippen molar-refractivity contribution in [3.05, 3.63) is 24.3 Å². The lowest BCUT2D eigenvalue weighted by Crippen LogP contribution is -2.30. The molecule has 1 atom stereocenters. The molecule has 0 unspecified atom stereocenters. The second kappa shape index (κ2) is 59.5. The van der Waals surface area contributed by atoms with Gasteiger partial charge in [-0.3, -0.25) is 14.4 Å². The van der Waals surface area contributed by atoms with Gasteiger partial charge in [-0.15, -0.1) is 0 Å². The summed E-state index contributed by atoms with van der Waals surface area (Å²) >= 11 is 0. The van der Waals surface area contributed by atoms with E-state index in [1.54, 1.807) is 0 Å². The number of hydrogen-bond donors (Lipinski definition) is 0. The highest BCUT2D eigenvalue weighted by atomic mass is 16.6. The van der Waals surface area contributed by atoms with E-state index in [9.17, 15) is 14.4 Å². The molecule has 0 aliphatic carbocycles. The molecule has 0 aromatic rings. The summed E-state index contributed by atoms with van der Waals surface area (Å²) in [6.07, 6.45) is 70.3. The van der Waals surface area contributed by atoms with Gasteiger partial charge in [-0.05, 0) is 70.6 Å². The maximum atomic E-state index is 12.9. The van der Waals surface area contributed by atoms with Crippen LogP contribution < -0.4 is 0 Å². The first-order chi connectivity index (χ1) is 34.5. The van der Waals surface area contributed by atoms with Crippen molar-refractivity contribution in [3.63, 3.8) is 0 Å². The van der Waals surface area contributed by atoms with Crippen molar-refractivity contribution in [1.82, 2.24) is 0 Å². The van der Waals surface area contributed by atoms with Crippen LogP contribution in [0.3, 0.4) is 0 Å². The molecule has 0 rings (SSSR count). The molecule has 0 saturated carbocycles. The molecule has 0 N–H and O–H groups in total. The number of unbranched alkanes of at least 4 members (excludes halogenated alkanes) is 43. The Morgan fingerprint density at radius 1 is 0.271 bits per heavy atom. The van der Waals surface area contributed by atoms with E-state index in [1.807, 2.05) is 0 Å². The van der Waals surface area contributed by atoms with Crippen LogP contribution in [0.15, 0.2) is 24.3 Å². The zero-order valence-corrected chi connectivity index (χ0v) is 47.3. The van der Waals surface area contributed by atoms with Gasteiger partial charge in [-0.2, -0.15) is 0 Å². The molecule has 0 saturated heterocycles. The molecule has 6 nitrogen and oxygen atoms in total. The minimum atomic E-state index is -0.773. The monoisotopic (exact) mass is 985 g/mol. The minimum absolute atomic E-state index is 0.0715. The molecule has 0 heterocycles. The summed E-state index contributed by atoms with van der Waals surface area (Å²) in [6, 6.07) is 0. The van der Waals surface area contributed by atoms with Gasteiger partial charge in [0.25, 0.3) is 0 Å². The van der Waals surface area contributed by atoms with Gasteiger partial charge in [0.05, 0.1) is 0 Å². The normalized spacial score (nSPS) is 12.1. The molecular formula is C64H120O6. The highest BCUT2D eigenvalue weighted by molar-refractivity contribution is 5.71. The summed E-state index contributed by atoms with van der Waals surface area (Å²) in [6.45, 7) is 6.69. The quantitative estimate of drug-likeness (QED) is 0.0261. The third-order valence-corrected chi connectivity index (χ3v) is 14.2. The number of allylic oxidation sites excluding steroid dienone is 4. The van der Waals surface area contributed by atoms with Crippen LogP contribution in [0.2, 0.25) is 0 Å². The van der Waals surface area contributed by atoms with Crippen molar-refractivity contribution < 1.29 is 28.6 Å². The summed E-state index contributed by atoms with van der Waals surface area (Å²) in [7, 11) is 0. The lowest BCUT2D eigenvalue weighted by molar-refractivity contribution is -0.167. The number of rotatable bonds is 58. The van der Waals surface area contributed by atoms with E-state index >= 15 is 0 Å². The van der Waals surface area contributed by atoms with Gasteiger partial charge in [-0.1, -0.05) is 283 Å². The van der Waals surface area contributed by atoms with E-state index in [0.717, 1.165) is 64.2 Å². The molecule has 6 heteroatoms. The summed E-state index contributed by atoms with van der Waals surface area (Å²) in [5.41, 5.74) is 0. The Balaban J connectivity index is 4.33. The van der Waals surface area contributed by atoms with Crippen LogP contribution in [0.5, 0.6) is 0 Å². The topological polar surface area (TPSA) is 78.9 Å². The molecule has 0 aromatic carbocycles. The fourth-order valence-electron chi connectivity index (χ4n) is 9.44. The summed E-state index contributed by atoms with van der Waals surface area (Å²) in [5.74, 6) is -0.858. The van der Waals surface area contributed by atoms with Crippen molar-refractivity contribution in [2.45, 2.75) is 354 Å². The first kappa shape index (κ1) is 67.9. The maximum absolute atomic E-state index is 12.9. The Kier molecular flexibility index (Phi) is 57.7. The fraction of sp³-hybridized carbons (Fsp3) is 0.891. The molecule has 0 amide bonds. The number of carbonyl (C=O) groups excluding carboxylic acids is 3. The van der Waals surface area contributed by atoms with Gasteiger partial charge < -0.3 is 14.2 Å². The van der Waals surface area contributed by atoms with E-state index in [2.05, 4.69) is 45.1 Å². The Bertz CT molecular complexity index is 1130. The highest BCUT2D eigenvalue weighted by Gasteiger charge is 2.19. The predicted molar refractivity (Wildman–Crippen MR) is 303 cm³/mol. The Morgan fingerprint density at radius 2 is 0.471 bits per heavy atom. The van der Waals surface area contributed by atoms with Crippen LogP contribution >= 0.6 is 0 Å². The third-order valence-electron chi connectivity index (χ3n) is 14.2. The van der Waals surface area contributed by atoms with Crippen molar-refractivity contribution in [1.29, 1.82) is 0 Å². The predicted octanol–water partition coefficient (Wildman–Crippen LogP) is 21.1. The van der Waals surface area contributed by atoms with Crippen molar-refractivity contribution in [3.8, 4) is 0 Å². The van der Waals surface area contributed by atoms with Crippen molar-refractivity contribution in [2.75, 3.05) is 13.2 Å². The van der Waals surface area contributed by atoms with Crippen LogP contribution in [-0.2, 0) is 28.6 Å². The Morgan fingerprint density at radius 3 is 0.714 bits per heavy atom. The molecular weight excluding hydrogens is 865 g/mol. The third kappa shape index (κ3) is 56.8. The molecule has 0 aliphatic rings. The van der Waals surface area contributed by atoms with Crippen LogP contribution in [0.1, 0.15) is 348 Å². The van der Waals surface area contributed by atoms with Crippen LogP contribution in [0.25, 0.3) is 0 Å². The molecule has 0 fully saturated rings. The van der Waals surface area contributed by atoms with Gasteiger partial charge in [0.1, 0.15) is 13.2 Å². The largest absolute Gasteiger partial charge is 0.462 e. The maximum Gasteiger partial charge on any atom is 0.306 e. The Hall–Kier alpha value is -2.11. The van der Waals surface area contributed by atoms with Gasteiger partial charge in [0.2, 0.25) is 0 Å². The Labute approximate surface area is 436 Å². The molecule has 0 spiro atoms. The van der Waals surface area contributed by atoms with Crippen LogP contribution in [0, 0.1) is 0 Å². The number of carbonyl (C=O) groups is 3. The van der Waals surface area contributed by atoms with E-state index in [-0.39, 0.29) is 31.1 Å². The molecule has 0 bridgehead atoms. The number of esters is 3. The molecule has 0 aliphatic heterocycles. The summed E-state index contributed by atoms with van der Waals surface area (Å²) < 4.78 is 16.9. The second-order valence-corrected chi connectivity index (χ2v) is 21.3. The lowest BCUT2D eigenvalue weighted by Gasteiger charge is -2.18. The fourth-order valence-corrected chi connectivity index (χ4v) is 9.44. The number of hydrogen-bond acceptors (Lipinski definition) is 6. The van der Waals surface area contributed by atoms with Crippen molar-refractivity contribution >= 4 is 17.9 Å². The molecule has 70 heavy (non-hydrogen) atoms.